The van der Waals surface area contributed by atoms with Gasteiger partial charge in [-0.05, 0) is 17.9 Å². The fraction of sp³-hybridized carbons (Fsp3) is 0.462. The average Bonchev–Trinajstić information content (AvgIpc) is 2.32. The van der Waals surface area contributed by atoms with Gasteiger partial charge in [-0.25, -0.2) is 0 Å². The molecule has 1 aromatic rings. The van der Waals surface area contributed by atoms with Gasteiger partial charge in [-0.3, -0.25) is 19.7 Å². The monoisotopic (exact) mass is 282 g/mol. The van der Waals surface area contributed by atoms with E-state index in [0.717, 1.165) is 5.56 Å². The van der Waals surface area contributed by atoms with Crippen LogP contribution in [-0.4, -0.2) is 16.4 Å². The normalized spacial score (nSPS) is 19.7. The maximum absolute atomic E-state index is 12.1. The lowest BCUT2D eigenvalue weighted by Gasteiger charge is -2.23. The summed E-state index contributed by atoms with van der Waals surface area (Å²) in [7, 11) is 0. The third-order valence-corrected chi connectivity index (χ3v) is 3.55. The van der Waals surface area contributed by atoms with Crippen LogP contribution in [0.5, 0.6) is 0 Å². The highest BCUT2D eigenvalue weighted by molar-refractivity contribution is 6.31. The number of nitrogens with one attached hydrogen (secondary N) is 1. The van der Waals surface area contributed by atoms with Gasteiger partial charge in [0.25, 0.3) is 5.56 Å². The standard InChI is InChI=1S/C13H15ClN2O3/c1-7(2)8-5-12(18)16(6-9(8)14)10-3-4-11(17)15-13(10)19/h5-7,10H,3-4H2,1-2H3,(H,15,17,19). The number of imide groups is 1. The quantitative estimate of drug-likeness (QED) is 0.838. The second-order valence-electron chi connectivity index (χ2n) is 4.94. The Balaban J connectivity index is 2.41. The summed E-state index contributed by atoms with van der Waals surface area (Å²) in [6.07, 6.45) is 2.04. The van der Waals surface area contributed by atoms with E-state index in [9.17, 15) is 14.4 Å². The topological polar surface area (TPSA) is 68.2 Å². The van der Waals surface area contributed by atoms with Crippen molar-refractivity contribution in [2.45, 2.75) is 38.6 Å². The van der Waals surface area contributed by atoms with E-state index in [0.29, 0.717) is 11.4 Å². The maximum atomic E-state index is 12.1. The van der Waals surface area contributed by atoms with Crippen LogP contribution in [0.2, 0.25) is 5.02 Å². The van der Waals surface area contributed by atoms with Crippen molar-refractivity contribution in [3.05, 3.63) is 33.2 Å². The Morgan fingerprint density at radius 1 is 1.37 bits per heavy atom. The number of amides is 2. The minimum Gasteiger partial charge on any atom is -0.302 e. The first-order valence-corrected chi connectivity index (χ1v) is 6.53. The fourth-order valence-electron chi connectivity index (χ4n) is 2.17. The Labute approximate surface area is 115 Å². The van der Waals surface area contributed by atoms with E-state index in [-0.39, 0.29) is 23.8 Å². The fourth-order valence-corrected chi connectivity index (χ4v) is 2.55. The van der Waals surface area contributed by atoms with Crippen LogP contribution in [0.15, 0.2) is 17.1 Å². The van der Waals surface area contributed by atoms with Crippen molar-refractivity contribution >= 4 is 23.4 Å². The van der Waals surface area contributed by atoms with E-state index in [1.54, 1.807) is 0 Å². The molecule has 2 rings (SSSR count). The zero-order valence-electron chi connectivity index (χ0n) is 10.8. The zero-order valence-corrected chi connectivity index (χ0v) is 11.5. The van der Waals surface area contributed by atoms with Gasteiger partial charge < -0.3 is 4.57 Å². The SMILES string of the molecule is CC(C)c1cc(=O)n(C2CCC(=O)NC2=O)cc1Cl. The molecule has 1 saturated heterocycles. The van der Waals surface area contributed by atoms with E-state index in [4.69, 9.17) is 11.6 Å². The lowest BCUT2D eigenvalue weighted by molar-refractivity contribution is -0.135. The molecule has 2 amide bonds. The van der Waals surface area contributed by atoms with Crippen molar-refractivity contribution < 1.29 is 9.59 Å². The molecule has 0 aromatic carbocycles. The smallest absolute Gasteiger partial charge is 0.251 e. The molecule has 1 aliphatic heterocycles. The van der Waals surface area contributed by atoms with E-state index < -0.39 is 11.9 Å². The minimum atomic E-state index is -0.663. The molecule has 6 heteroatoms. The number of hydrogen-bond acceptors (Lipinski definition) is 3. The third-order valence-electron chi connectivity index (χ3n) is 3.23. The van der Waals surface area contributed by atoms with Crippen LogP contribution in [0, 0.1) is 0 Å². The minimum absolute atomic E-state index is 0.136. The van der Waals surface area contributed by atoms with E-state index in [1.165, 1.54) is 16.8 Å². The molecule has 0 spiro atoms. The van der Waals surface area contributed by atoms with Gasteiger partial charge in [-0.15, -0.1) is 0 Å². The third kappa shape index (κ3) is 2.71. The number of carbonyl (C=O) groups is 2. The predicted molar refractivity (Wildman–Crippen MR) is 71.2 cm³/mol. The first kappa shape index (κ1) is 13.8. The van der Waals surface area contributed by atoms with Crippen molar-refractivity contribution in [2.24, 2.45) is 0 Å². The van der Waals surface area contributed by atoms with E-state index in [2.05, 4.69) is 5.32 Å². The predicted octanol–water partition coefficient (Wildman–Crippen LogP) is 1.60. The first-order valence-electron chi connectivity index (χ1n) is 6.15. The van der Waals surface area contributed by atoms with Crippen molar-refractivity contribution in [3.63, 3.8) is 0 Å². The number of halogens is 1. The molecule has 1 aliphatic rings. The Kier molecular flexibility index (Phi) is 3.75. The highest BCUT2D eigenvalue weighted by Crippen LogP contribution is 2.24. The summed E-state index contributed by atoms with van der Waals surface area (Å²) in [5, 5.41) is 2.69. The van der Waals surface area contributed by atoms with Crippen molar-refractivity contribution in [1.29, 1.82) is 0 Å². The van der Waals surface area contributed by atoms with Crippen LogP contribution < -0.4 is 10.9 Å². The lowest BCUT2D eigenvalue weighted by Crippen LogP contribution is -2.44. The molecule has 19 heavy (non-hydrogen) atoms. The second kappa shape index (κ2) is 5.17. The van der Waals surface area contributed by atoms with Gasteiger partial charge >= 0.3 is 0 Å². The summed E-state index contributed by atoms with van der Waals surface area (Å²) >= 11 is 6.13. The molecule has 1 unspecified atom stereocenters. The highest BCUT2D eigenvalue weighted by Gasteiger charge is 2.29. The molecular weight excluding hydrogens is 268 g/mol. The van der Waals surface area contributed by atoms with Gasteiger partial charge in [0.05, 0.1) is 5.02 Å². The van der Waals surface area contributed by atoms with Crippen LogP contribution in [0.25, 0.3) is 0 Å². The first-order chi connectivity index (χ1) is 8.90. The lowest BCUT2D eigenvalue weighted by atomic mass is 10.0. The Bertz CT molecular complexity index is 592. The van der Waals surface area contributed by atoms with Gasteiger partial charge in [0.15, 0.2) is 0 Å². The molecule has 1 aromatic heterocycles. The van der Waals surface area contributed by atoms with E-state index >= 15 is 0 Å². The molecular formula is C13H15ClN2O3. The molecule has 5 nitrogen and oxygen atoms in total. The number of pyridine rings is 1. The van der Waals surface area contributed by atoms with Gasteiger partial charge in [0.1, 0.15) is 6.04 Å². The van der Waals surface area contributed by atoms with Gasteiger partial charge in [0.2, 0.25) is 11.8 Å². The summed E-state index contributed by atoms with van der Waals surface area (Å²) in [4.78, 5) is 34.9. The summed E-state index contributed by atoms with van der Waals surface area (Å²) in [6, 6.07) is 0.792. The molecule has 102 valence electrons. The molecule has 0 radical (unpaired) electrons. The number of hydrogen-bond donors (Lipinski definition) is 1. The van der Waals surface area contributed by atoms with Crippen LogP contribution in [-0.2, 0) is 9.59 Å². The van der Waals surface area contributed by atoms with Crippen LogP contribution in [0.4, 0.5) is 0 Å². The average molecular weight is 283 g/mol. The second-order valence-corrected chi connectivity index (χ2v) is 5.35. The highest BCUT2D eigenvalue weighted by atomic mass is 35.5. The summed E-state index contributed by atoms with van der Waals surface area (Å²) in [5.41, 5.74) is 0.484. The van der Waals surface area contributed by atoms with Crippen molar-refractivity contribution in [1.82, 2.24) is 9.88 Å². The zero-order chi connectivity index (χ0) is 14.2. The molecule has 1 fully saturated rings. The summed E-state index contributed by atoms with van der Waals surface area (Å²) < 4.78 is 1.30. The van der Waals surface area contributed by atoms with Crippen LogP contribution >= 0.6 is 11.6 Å². The Hall–Kier alpha value is -1.62. The van der Waals surface area contributed by atoms with Gasteiger partial charge in [0, 0.05) is 18.7 Å². The number of rotatable bonds is 2. The Morgan fingerprint density at radius 2 is 2.05 bits per heavy atom. The Morgan fingerprint density at radius 3 is 2.63 bits per heavy atom. The molecule has 2 heterocycles. The van der Waals surface area contributed by atoms with Crippen molar-refractivity contribution in [2.75, 3.05) is 0 Å². The number of piperidine rings is 1. The van der Waals surface area contributed by atoms with Gasteiger partial charge in [-0.1, -0.05) is 25.4 Å². The molecule has 1 atom stereocenters. The molecule has 0 aliphatic carbocycles. The number of aromatic nitrogens is 1. The van der Waals surface area contributed by atoms with Gasteiger partial charge in [-0.2, -0.15) is 0 Å². The summed E-state index contributed by atoms with van der Waals surface area (Å²) in [5.74, 6) is -0.623. The van der Waals surface area contributed by atoms with Crippen LogP contribution in [0.3, 0.4) is 0 Å². The number of carbonyl (C=O) groups excluding carboxylic acids is 2. The molecule has 0 bridgehead atoms. The summed E-state index contributed by atoms with van der Waals surface area (Å²) in [6.45, 7) is 3.88. The van der Waals surface area contributed by atoms with Crippen molar-refractivity contribution in [3.8, 4) is 0 Å². The molecule has 0 saturated carbocycles. The van der Waals surface area contributed by atoms with Crippen LogP contribution in [0.1, 0.15) is 44.2 Å². The number of nitrogens with zero attached hydrogens (tertiary/aromatic N) is 1. The van der Waals surface area contributed by atoms with E-state index in [1.807, 2.05) is 13.8 Å². The molecule has 1 N–H and O–H groups in total. The largest absolute Gasteiger partial charge is 0.302 e. The maximum Gasteiger partial charge on any atom is 0.251 e.